The number of carbonyl (C=O) groups excluding carboxylic acids is 1. The summed E-state index contributed by atoms with van der Waals surface area (Å²) in [7, 11) is -0.287. The van der Waals surface area contributed by atoms with E-state index in [9.17, 15) is 13.2 Å². The SMILES string of the molecule is CN(C)S(=O)(=O)N1CCCC1C1CCCC1=O. The van der Waals surface area contributed by atoms with Crippen molar-refractivity contribution in [1.82, 2.24) is 8.61 Å². The second-order valence-electron chi connectivity index (χ2n) is 5.08. The van der Waals surface area contributed by atoms with Crippen LogP contribution in [0, 0.1) is 5.92 Å². The molecule has 0 aromatic rings. The molecule has 98 valence electrons. The van der Waals surface area contributed by atoms with Crippen molar-refractivity contribution in [2.24, 2.45) is 5.92 Å². The van der Waals surface area contributed by atoms with E-state index in [1.807, 2.05) is 0 Å². The Hall–Kier alpha value is -0.460. The van der Waals surface area contributed by atoms with Gasteiger partial charge >= 0.3 is 0 Å². The second-order valence-corrected chi connectivity index (χ2v) is 7.17. The molecule has 5 nitrogen and oxygen atoms in total. The summed E-state index contributed by atoms with van der Waals surface area (Å²) in [5.74, 6) is 0.183. The highest BCUT2D eigenvalue weighted by Gasteiger charge is 2.43. The molecule has 0 spiro atoms. The van der Waals surface area contributed by atoms with Crippen molar-refractivity contribution in [1.29, 1.82) is 0 Å². The Morgan fingerprint density at radius 1 is 1.24 bits per heavy atom. The van der Waals surface area contributed by atoms with Gasteiger partial charge in [0.2, 0.25) is 0 Å². The van der Waals surface area contributed by atoms with Crippen LogP contribution >= 0.6 is 0 Å². The lowest BCUT2D eigenvalue weighted by molar-refractivity contribution is -0.121. The van der Waals surface area contributed by atoms with Crippen molar-refractivity contribution in [2.75, 3.05) is 20.6 Å². The van der Waals surface area contributed by atoms with Crippen LogP contribution < -0.4 is 0 Å². The molecule has 1 aliphatic carbocycles. The molecule has 0 amide bonds. The zero-order valence-corrected chi connectivity index (χ0v) is 11.2. The molecular formula is C11H20N2O3S. The highest BCUT2D eigenvalue weighted by atomic mass is 32.2. The van der Waals surface area contributed by atoms with E-state index in [0.29, 0.717) is 13.0 Å². The van der Waals surface area contributed by atoms with E-state index in [4.69, 9.17) is 0 Å². The van der Waals surface area contributed by atoms with E-state index < -0.39 is 10.2 Å². The number of hydrogen-bond donors (Lipinski definition) is 0. The number of ketones is 1. The molecule has 1 saturated carbocycles. The molecule has 0 radical (unpaired) electrons. The Balaban J connectivity index is 2.21. The van der Waals surface area contributed by atoms with Gasteiger partial charge in [-0.1, -0.05) is 0 Å². The number of nitrogens with zero attached hydrogens (tertiary/aromatic N) is 2. The number of carbonyl (C=O) groups is 1. The van der Waals surface area contributed by atoms with E-state index >= 15 is 0 Å². The molecule has 0 aromatic heterocycles. The van der Waals surface area contributed by atoms with Crippen molar-refractivity contribution >= 4 is 16.0 Å². The monoisotopic (exact) mass is 260 g/mol. The minimum Gasteiger partial charge on any atom is -0.299 e. The van der Waals surface area contributed by atoms with Crippen molar-refractivity contribution < 1.29 is 13.2 Å². The van der Waals surface area contributed by atoms with Crippen LogP contribution in [0.1, 0.15) is 32.1 Å². The highest BCUT2D eigenvalue weighted by molar-refractivity contribution is 7.86. The van der Waals surface area contributed by atoms with Crippen LogP contribution in [-0.2, 0) is 15.0 Å². The van der Waals surface area contributed by atoms with Crippen molar-refractivity contribution in [3.63, 3.8) is 0 Å². The van der Waals surface area contributed by atoms with Gasteiger partial charge in [0.05, 0.1) is 0 Å². The molecule has 1 saturated heterocycles. The summed E-state index contributed by atoms with van der Waals surface area (Å²) in [5.41, 5.74) is 0. The fourth-order valence-corrected chi connectivity index (χ4v) is 4.29. The Morgan fingerprint density at radius 2 is 1.94 bits per heavy atom. The minimum atomic E-state index is -3.37. The smallest absolute Gasteiger partial charge is 0.281 e. The molecular weight excluding hydrogens is 240 g/mol. The predicted molar refractivity (Wildman–Crippen MR) is 64.7 cm³/mol. The predicted octanol–water partition coefficient (Wildman–Crippen LogP) is 0.626. The largest absolute Gasteiger partial charge is 0.299 e. The topological polar surface area (TPSA) is 57.7 Å². The maximum Gasteiger partial charge on any atom is 0.281 e. The molecule has 6 heteroatoms. The maximum absolute atomic E-state index is 12.1. The molecule has 2 fully saturated rings. The van der Waals surface area contributed by atoms with Crippen molar-refractivity contribution in [3.8, 4) is 0 Å². The molecule has 0 aromatic carbocycles. The Kier molecular flexibility index (Phi) is 3.56. The summed E-state index contributed by atoms with van der Waals surface area (Å²) < 4.78 is 27.1. The molecule has 1 heterocycles. The summed E-state index contributed by atoms with van der Waals surface area (Å²) >= 11 is 0. The molecule has 17 heavy (non-hydrogen) atoms. The minimum absolute atomic E-state index is 0.0628. The lowest BCUT2D eigenvalue weighted by Gasteiger charge is -2.29. The van der Waals surface area contributed by atoms with Crippen LogP contribution in [-0.4, -0.2) is 49.5 Å². The van der Waals surface area contributed by atoms with E-state index in [1.54, 1.807) is 14.1 Å². The number of hydrogen-bond acceptors (Lipinski definition) is 3. The summed E-state index contributed by atoms with van der Waals surface area (Å²) in [6.07, 6.45) is 4.07. The fraction of sp³-hybridized carbons (Fsp3) is 0.909. The van der Waals surface area contributed by atoms with Gasteiger partial charge in [-0.2, -0.15) is 17.0 Å². The zero-order valence-electron chi connectivity index (χ0n) is 10.4. The molecule has 2 atom stereocenters. The number of Topliss-reactive ketones (excluding diaryl/α,β-unsaturated/α-hetero) is 1. The zero-order chi connectivity index (χ0) is 12.6. The third kappa shape index (κ3) is 2.26. The molecule has 0 N–H and O–H groups in total. The standard InChI is InChI=1S/C11H20N2O3S/c1-12(2)17(15,16)13-8-4-6-10(13)9-5-3-7-11(9)14/h9-10H,3-8H2,1-2H3. The van der Waals surface area contributed by atoms with Gasteiger partial charge in [-0.15, -0.1) is 0 Å². The second kappa shape index (κ2) is 4.66. The van der Waals surface area contributed by atoms with Gasteiger partial charge < -0.3 is 0 Å². The summed E-state index contributed by atoms with van der Waals surface area (Å²) in [4.78, 5) is 11.8. The van der Waals surface area contributed by atoms with Crippen LogP contribution in [0.5, 0.6) is 0 Å². The van der Waals surface area contributed by atoms with Gasteiger partial charge in [0.25, 0.3) is 10.2 Å². The highest BCUT2D eigenvalue weighted by Crippen LogP contribution is 2.35. The first-order valence-electron chi connectivity index (χ1n) is 6.16. The Labute approximate surface area is 103 Å². The van der Waals surface area contributed by atoms with E-state index in [0.717, 1.165) is 25.7 Å². The molecule has 1 aliphatic heterocycles. The van der Waals surface area contributed by atoms with E-state index in [-0.39, 0.29) is 17.7 Å². The van der Waals surface area contributed by atoms with Gasteiger partial charge in [0.15, 0.2) is 0 Å². The van der Waals surface area contributed by atoms with E-state index in [1.165, 1.54) is 8.61 Å². The molecule has 2 rings (SSSR count). The van der Waals surface area contributed by atoms with Crippen LogP contribution in [0.3, 0.4) is 0 Å². The Morgan fingerprint density at radius 3 is 2.47 bits per heavy atom. The third-order valence-electron chi connectivity index (χ3n) is 3.82. The first-order chi connectivity index (χ1) is 7.94. The maximum atomic E-state index is 12.1. The quantitative estimate of drug-likeness (QED) is 0.747. The lowest BCUT2D eigenvalue weighted by atomic mass is 9.96. The van der Waals surface area contributed by atoms with Crippen LogP contribution in [0.15, 0.2) is 0 Å². The van der Waals surface area contributed by atoms with Gasteiger partial charge in [-0.25, -0.2) is 0 Å². The van der Waals surface area contributed by atoms with Gasteiger partial charge in [0.1, 0.15) is 5.78 Å². The van der Waals surface area contributed by atoms with Crippen LogP contribution in [0.25, 0.3) is 0 Å². The first-order valence-corrected chi connectivity index (χ1v) is 7.56. The number of rotatable bonds is 3. The van der Waals surface area contributed by atoms with Crippen LogP contribution in [0.2, 0.25) is 0 Å². The molecule has 0 bridgehead atoms. The summed E-state index contributed by atoms with van der Waals surface area (Å²) in [6, 6.07) is -0.0996. The normalized spacial score (nSPS) is 31.6. The van der Waals surface area contributed by atoms with Gasteiger partial charge in [-0.05, 0) is 25.7 Å². The summed E-state index contributed by atoms with van der Waals surface area (Å²) in [5, 5.41) is 0. The lowest BCUT2D eigenvalue weighted by Crippen LogP contribution is -2.46. The summed E-state index contributed by atoms with van der Waals surface area (Å²) in [6.45, 7) is 0.551. The van der Waals surface area contributed by atoms with E-state index in [2.05, 4.69) is 0 Å². The fourth-order valence-electron chi connectivity index (χ4n) is 2.91. The third-order valence-corrected chi connectivity index (χ3v) is 5.79. The average Bonchev–Trinajstić information content (AvgIpc) is 2.84. The van der Waals surface area contributed by atoms with Gasteiger partial charge in [0, 0.05) is 39.0 Å². The van der Waals surface area contributed by atoms with Crippen LogP contribution in [0.4, 0.5) is 0 Å². The van der Waals surface area contributed by atoms with Gasteiger partial charge in [-0.3, -0.25) is 4.79 Å². The Bertz CT molecular complexity index is 405. The first kappa shape index (κ1) is 13.0. The van der Waals surface area contributed by atoms with Crippen molar-refractivity contribution in [2.45, 2.75) is 38.1 Å². The molecule has 2 aliphatic rings. The average molecular weight is 260 g/mol. The van der Waals surface area contributed by atoms with Crippen molar-refractivity contribution in [3.05, 3.63) is 0 Å². The molecule has 2 unspecified atom stereocenters.